The maximum absolute atomic E-state index is 13.0. The average molecular weight is 466 g/mol. The van der Waals surface area contributed by atoms with E-state index in [1.54, 1.807) is 31.3 Å². The van der Waals surface area contributed by atoms with Crippen LogP contribution in [-0.4, -0.2) is 62.4 Å². The van der Waals surface area contributed by atoms with Crippen LogP contribution in [-0.2, 0) is 16.6 Å². The van der Waals surface area contributed by atoms with Crippen LogP contribution in [0.2, 0.25) is 0 Å². The maximum Gasteiger partial charge on any atom is 0.243 e. The van der Waals surface area contributed by atoms with Gasteiger partial charge in [-0.1, -0.05) is 37.3 Å². The van der Waals surface area contributed by atoms with Crippen LogP contribution in [0.5, 0.6) is 0 Å². The maximum atomic E-state index is 13.0. The lowest BCUT2D eigenvalue weighted by Gasteiger charge is -2.33. The van der Waals surface area contributed by atoms with Crippen molar-refractivity contribution in [2.45, 2.75) is 18.4 Å². The van der Waals surface area contributed by atoms with E-state index in [0.29, 0.717) is 17.3 Å². The molecule has 0 N–H and O–H groups in total. The van der Waals surface area contributed by atoms with Gasteiger partial charge in [0.25, 0.3) is 0 Å². The zero-order valence-electron chi connectivity index (χ0n) is 18.8. The number of anilines is 1. The smallest absolute Gasteiger partial charge is 0.243 e. The highest BCUT2D eigenvalue weighted by Gasteiger charge is 2.25. The second-order valence-electron chi connectivity index (χ2n) is 7.98. The van der Waals surface area contributed by atoms with E-state index < -0.39 is 10.0 Å². The summed E-state index contributed by atoms with van der Waals surface area (Å²) in [6.07, 6.45) is 0. The Kier molecular flexibility index (Phi) is 6.79. The van der Waals surface area contributed by atoms with Crippen molar-refractivity contribution in [3.63, 3.8) is 0 Å². The number of rotatable bonds is 7. The largest absolute Gasteiger partial charge is 0.419 e. The van der Waals surface area contributed by atoms with Gasteiger partial charge in [0.1, 0.15) is 6.07 Å². The Morgan fingerprint density at radius 3 is 2.33 bits per heavy atom. The van der Waals surface area contributed by atoms with Crippen molar-refractivity contribution < 1.29 is 12.8 Å². The molecule has 2 aromatic carbocycles. The SMILES string of the molecule is CCN1CCN(c2oc(-c3ccc(S(=O)(=O)N(C)Cc4ccccc4)cc3)nc2C#N)CC1. The predicted octanol–water partition coefficient (Wildman–Crippen LogP) is 3.18. The topological polar surface area (TPSA) is 93.7 Å². The Bertz CT molecular complexity index is 1230. The fraction of sp³-hybridized carbons (Fsp3) is 0.333. The van der Waals surface area contributed by atoms with Crippen molar-refractivity contribution in [2.24, 2.45) is 0 Å². The van der Waals surface area contributed by atoms with Gasteiger partial charge in [-0.15, -0.1) is 0 Å². The molecule has 0 aliphatic carbocycles. The number of hydrogen-bond donors (Lipinski definition) is 0. The van der Waals surface area contributed by atoms with Crippen molar-refractivity contribution in [1.82, 2.24) is 14.2 Å². The Balaban J connectivity index is 1.52. The number of benzene rings is 2. The number of hydrogen-bond acceptors (Lipinski definition) is 7. The lowest BCUT2D eigenvalue weighted by Crippen LogP contribution is -2.46. The van der Waals surface area contributed by atoms with Gasteiger partial charge in [0.15, 0.2) is 0 Å². The zero-order chi connectivity index (χ0) is 23.4. The second-order valence-corrected chi connectivity index (χ2v) is 10.0. The molecule has 1 aliphatic rings. The minimum atomic E-state index is -3.65. The number of sulfonamides is 1. The fourth-order valence-electron chi connectivity index (χ4n) is 3.86. The number of oxazole rings is 1. The van der Waals surface area contributed by atoms with E-state index in [1.165, 1.54) is 4.31 Å². The Labute approximate surface area is 194 Å². The summed E-state index contributed by atoms with van der Waals surface area (Å²) >= 11 is 0. The lowest BCUT2D eigenvalue weighted by atomic mass is 10.2. The van der Waals surface area contributed by atoms with Gasteiger partial charge in [-0.25, -0.2) is 8.42 Å². The molecule has 33 heavy (non-hydrogen) atoms. The molecule has 1 aliphatic heterocycles. The van der Waals surface area contributed by atoms with Gasteiger partial charge in [-0.3, -0.25) is 0 Å². The Morgan fingerprint density at radius 2 is 1.73 bits per heavy atom. The van der Waals surface area contributed by atoms with Crippen LogP contribution in [0, 0.1) is 11.3 Å². The van der Waals surface area contributed by atoms with E-state index in [4.69, 9.17) is 4.42 Å². The highest BCUT2D eigenvalue weighted by atomic mass is 32.2. The minimum Gasteiger partial charge on any atom is -0.419 e. The third-order valence-electron chi connectivity index (χ3n) is 5.88. The summed E-state index contributed by atoms with van der Waals surface area (Å²) < 4.78 is 33.2. The first-order chi connectivity index (χ1) is 15.9. The molecule has 1 saturated heterocycles. The van der Waals surface area contributed by atoms with E-state index in [-0.39, 0.29) is 17.1 Å². The molecule has 172 valence electrons. The molecule has 0 unspecified atom stereocenters. The van der Waals surface area contributed by atoms with Crippen LogP contribution in [0.25, 0.3) is 11.5 Å². The van der Waals surface area contributed by atoms with E-state index in [1.807, 2.05) is 35.2 Å². The van der Waals surface area contributed by atoms with Crippen LogP contribution in [0.3, 0.4) is 0 Å². The molecule has 0 bridgehead atoms. The first kappa shape index (κ1) is 23.0. The minimum absolute atomic E-state index is 0.188. The van der Waals surface area contributed by atoms with E-state index in [0.717, 1.165) is 38.3 Å². The van der Waals surface area contributed by atoms with Gasteiger partial charge < -0.3 is 14.2 Å². The molecular weight excluding hydrogens is 438 g/mol. The molecule has 0 radical (unpaired) electrons. The molecule has 0 amide bonds. The average Bonchev–Trinajstić information content (AvgIpc) is 3.29. The molecule has 0 saturated carbocycles. The lowest BCUT2D eigenvalue weighted by molar-refractivity contribution is 0.266. The summed E-state index contributed by atoms with van der Waals surface area (Å²) in [6.45, 7) is 6.75. The zero-order valence-corrected chi connectivity index (χ0v) is 19.6. The fourth-order valence-corrected chi connectivity index (χ4v) is 5.02. The predicted molar refractivity (Wildman–Crippen MR) is 126 cm³/mol. The second kappa shape index (κ2) is 9.75. The number of aromatic nitrogens is 1. The van der Waals surface area contributed by atoms with Crippen LogP contribution in [0.4, 0.5) is 5.88 Å². The van der Waals surface area contributed by atoms with Gasteiger partial charge in [0, 0.05) is 45.3 Å². The summed E-state index contributed by atoms with van der Waals surface area (Å²) in [5.41, 5.74) is 1.78. The molecule has 8 nitrogen and oxygen atoms in total. The van der Waals surface area contributed by atoms with E-state index >= 15 is 0 Å². The van der Waals surface area contributed by atoms with E-state index in [2.05, 4.69) is 22.9 Å². The third kappa shape index (κ3) is 4.93. The quantitative estimate of drug-likeness (QED) is 0.529. The van der Waals surface area contributed by atoms with Crippen molar-refractivity contribution in [2.75, 3.05) is 44.7 Å². The van der Waals surface area contributed by atoms with Crippen LogP contribution in [0.15, 0.2) is 63.9 Å². The molecular formula is C24H27N5O3S. The van der Waals surface area contributed by atoms with Gasteiger partial charge in [-0.05, 0) is 36.4 Å². The summed E-state index contributed by atoms with van der Waals surface area (Å²) in [5, 5.41) is 9.55. The molecule has 1 aromatic heterocycles. The first-order valence-electron chi connectivity index (χ1n) is 10.9. The van der Waals surface area contributed by atoms with E-state index in [9.17, 15) is 13.7 Å². The van der Waals surface area contributed by atoms with Crippen LogP contribution < -0.4 is 4.90 Å². The van der Waals surface area contributed by atoms with Crippen LogP contribution >= 0.6 is 0 Å². The van der Waals surface area contributed by atoms with Crippen molar-refractivity contribution in [3.8, 4) is 17.5 Å². The molecule has 4 rings (SSSR count). The highest BCUT2D eigenvalue weighted by Crippen LogP contribution is 2.30. The molecule has 0 atom stereocenters. The standard InChI is InChI=1S/C24H27N5O3S/c1-3-28-13-15-29(16-14-28)24-22(17-25)26-23(32-24)20-9-11-21(12-10-20)33(30,31)27(2)18-19-7-5-4-6-8-19/h4-12H,3,13-16,18H2,1-2H3. The third-order valence-corrected chi connectivity index (χ3v) is 7.70. The normalized spacial score (nSPS) is 15.0. The van der Waals surface area contributed by atoms with Crippen molar-refractivity contribution in [3.05, 3.63) is 65.9 Å². The van der Waals surface area contributed by atoms with Crippen molar-refractivity contribution in [1.29, 1.82) is 5.26 Å². The molecule has 2 heterocycles. The van der Waals surface area contributed by atoms with Crippen molar-refractivity contribution >= 4 is 15.9 Å². The molecule has 1 fully saturated rings. The summed E-state index contributed by atoms with van der Waals surface area (Å²) in [4.78, 5) is 8.92. The van der Waals surface area contributed by atoms with Gasteiger partial charge in [0.05, 0.1) is 4.90 Å². The monoisotopic (exact) mass is 465 g/mol. The summed E-state index contributed by atoms with van der Waals surface area (Å²) in [5.74, 6) is 0.781. The van der Waals surface area contributed by atoms with Gasteiger partial charge >= 0.3 is 0 Å². The molecule has 0 spiro atoms. The number of nitriles is 1. The first-order valence-corrected chi connectivity index (χ1v) is 12.4. The molecule has 3 aromatic rings. The Hall–Kier alpha value is -3.19. The van der Waals surface area contributed by atoms with Gasteiger partial charge in [0.2, 0.25) is 27.5 Å². The summed E-state index contributed by atoms with van der Waals surface area (Å²) in [7, 11) is -2.09. The summed E-state index contributed by atoms with van der Waals surface area (Å²) in [6, 6.07) is 18.0. The number of likely N-dealkylation sites (N-methyl/N-ethyl adjacent to an activating group) is 1. The van der Waals surface area contributed by atoms with Crippen LogP contribution in [0.1, 0.15) is 18.2 Å². The Morgan fingerprint density at radius 1 is 1.06 bits per heavy atom. The van der Waals surface area contributed by atoms with Gasteiger partial charge in [-0.2, -0.15) is 14.6 Å². The number of piperazine rings is 1. The number of nitrogens with zero attached hydrogens (tertiary/aromatic N) is 5. The highest BCUT2D eigenvalue weighted by molar-refractivity contribution is 7.89. The molecule has 9 heteroatoms.